The summed E-state index contributed by atoms with van der Waals surface area (Å²) in [6.07, 6.45) is 0.897. The van der Waals surface area contributed by atoms with E-state index in [0.717, 1.165) is 29.2 Å². The molecule has 1 aliphatic heterocycles. The molecule has 0 aromatic heterocycles. The summed E-state index contributed by atoms with van der Waals surface area (Å²) in [7, 11) is 3.31. The number of hydrogen-bond donors (Lipinski definition) is 1. The summed E-state index contributed by atoms with van der Waals surface area (Å²) >= 11 is 1.55. The van der Waals surface area contributed by atoms with E-state index in [4.69, 9.17) is 9.47 Å². The second kappa shape index (κ2) is 8.14. The van der Waals surface area contributed by atoms with Crippen LogP contribution >= 0.6 is 11.8 Å². The molecule has 0 bridgehead atoms. The lowest BCUT2D eigenvalue weighted by Gasteiger charge is -2.18. The second-order valence-corrected chi connectivity index (χ2v) is 5.72. The Morgan fingerprint density at radius 1 is 1.38 bits per heavy atom. The fourth-order valence-corrected chi connectivity index (χ4v) is 3.06. The number of hydrogen-bond acceptors (Lipinski definition) is 6. The molecule has 0 amide bonds. The van der Waals surface area contributed by atoms with Gasteiger partial charge in [-0.25, -0.2) is 0 Å². The molecule has 0 radical (unpaired) electrons. The van der Waals surface area contributed by atoms with Gasteiger partial charge >= 0.3 is 5.97 Å². The summed E-state index contributed by atoms with van der Waals surface area (Å²) in [6, 6.07) is 6.15. The third-order valence-corrected chi connectivity index (χ3v) is 4.26. The molecule has 1 atom stereocenters. The number of carbonyl (C=O) groups is 1. The van der Waals surface area contributed by atoms with Gasteiger partial charge < -0.3 is 19.5 Å². The zero-order valence-corrected chi connectivity index (χ0v) is 13.2. The van der Waals surface area contributed by atoms with Crippen molar-refractivity contribution in [2.24, 2.45) is 0 Å². The van der Waals surface area contributed by atoms with Crippen molar-refractivity contribution in [3.05, 3.63) is 23.8 Å². The van der Waals surface area contributed by atoms with Crippen molar-refractivity contribution in [3.8, 4) is 11.5 Å². The summed E-state index contributed by atoms with van der Waals surface area (Å²) in [6.45, 7) is 1.37. The predicted molar refractivity (Wildman–Crippen MR) is 83.2 cm³/mol. The van der Waals surface area contributed by atoms with E-state index in [1.807, 2.05) is 25.2 Å². The van der Waals surface area contributed by atoms with E-state index in [0.29, 0.717) is 19.0 Å². The molecule has 21 heavy (non-hydrogen) atoms. The average molecular weight is 311 g/mol. The van der Waals surface area contributed by atoms with Crippen LogP contribution < -0.4 is 14.8 Å². The van der Waals surface area contributed by atoms with Gasteiger partial charge in [0.05, 0.1) is 26.1 Å². The van der Waals surface area contributed by atoms with Gasteiger partial charge in [0.2, 0.25) is 0 Å². The van der Waals surface area contributed by atoms with Crippen LogP contribution in [0, 0.1) is 0 Å². The number of esters is 1. The molecule has 1 N–H and O–H groups in total. The maximum Gasteiger partial charge on any atom is 0.315 e. The van der Waals surface area contributed by atoms with Crippen molar-refractivity contribution in [1.29, 1.82) is 0 Å². The van der Waals surface area contributed by atoms with Crippen molar-refractivity contribution in [2.45, 2.75) is 12.5 Å². The molecule has 0 fully saturated rings. The van der Waals surface area contributed by atoms with E-state index in [2.05, 4.69) is 10.1 Å². The molecule has 5 nitrogen and oxygen atoms in total. The van der Waals surface area contributed by atoms with Crippen LogP contribution in [0.5, 0.6) is 11.5 Å². The standard InChI is InChI=1S/C15H21NO4S/c1-16-12(9-21-10-15(17)18-2)11-4-5-13-14(8-11)20-7-3-6-19-13/h4-5,8,12,16H,3,6-7,9-10H2,1-2H3. The van der Waals surface area contributed by atoms with Crippen molar-refractivity contribution < 1.29 is 19.0 Å². The highest BCUT2D eigenvalue weighted by Crippen LogP contribution is 2.33. The third kappa shape index (κ3) is 4.54. The van der Waals surface area contributed by atoms with Gasteiger partial charge in [0.25, 0.3) is 0 Å². The Balaban J connectivity index is 2.01. The smallest absolute Gasteiger partial charge is 0.315 e. The van der Waals surface area contributed by atoms with Crippen LogP contribution in [0.15, 0.2) is 18.2 Å². The zero-order valence-electron chi connectivity index (χ0n) is 12.4. The fourth-order valence-electron chi connectivity index (χ4n) is 2.06. The zero-order chi connectivity index (χ0) is 15.1. The highest BCUT2D eigenvalue weighted by atomic mass is 32.2. The van der Waals surface area contributed by atoms with Crippen LogP contribution in [0.1, 0.15) is 18.0 Å². The van der Waals surface area contributed by atoms with Gasteiger partial charge in [0.15, 0.2) is 11.5 Å². The lowest BCUT2D eigenvalue weighted by molar-refractivity contribution is -0.137. The minimum Gasteiger partial charge on any atom is -0.490 e. The highest BCUT2D eigenvalue weighted by Gasteiger charge is 2.16. The third-order valence-electron chi connectivity index (χ3n) is 3.25. The minimum absolute atomic E-state index is 0.150. The monoisotopic (exact) mass is 311 g/mol. The maximum absolute atomic E-state index is 11.1. The van der Waals surface area contributed by atoms with E-state index in [9.17, 15) is 4.79 Å². The molecule has 116 valence electrons. The van der Waals surface area contributed by atoms with Gasteiger partial charge in [-0.2, -0.15) is 0 Å². The first-order chi connectivity index (χ1) is 10.2. The summed E-state index contributed by atoms with van der Waals surface area (Å²) in [5.41, 5.74) is 1.12. The van der Waals surface area contributed by atoms with Crippen molar-refractivity contribution in [1.82, 2.24) is 5.32 Å². The predicted octanol–water partition coefficient (Wildman–Crippen LogP) is 2.01. The minimum atomic E-state index is -0.200. The number of fused-ring (bicyclic) bond motifs is 1. The fraction of sp³-hybridized carbons (Fsp3) is 0.533. The average Bonchev–Trinajstić information content (AvgIpc) is 2.75. The van der Waals surface area contributed by atoms with Gasteiger partial charge in [-0.05, 0) is 24.7 Å². The highest BCUT2D eigenvalue weighted by molar-refractivity contribution is 7.99. The summed E-state index contributed by atoms with van der Waals surface area (Å²) in [4.78, 5) is 11.1. The summed E-state index contributed by atoms with van der Waals surface area (Å²) in [5.74, 6) is 2.54. The number of rotatable bonds is 6. The topological polar surface area (TPSA) is 56.8 Å². The van der Waals surface area contributed by atoms with Crippen LogP contribution in [-0.4, -0.2) is 44.8 Å². The molecule has 0 aliphatic carbocycles. The quantitative estimate of drug-likeness (QED) is 0.811. The van der Waals surface area contributed by atoms with Gasteiger partial charge in [0.1, 0.15) is 0 Å². The van der Waals surface area contributed by atoms with Crippen LogP contribution in [0.4, 0.5) is 0 Å². The molecule has 0 saturated carbocycles. The van der Waals surface area contributed by atoms with E-state index in [1.165, 1.54) is 7.11 Å². The van der Waals surface area contributed by atoms with Crippen molar-refractivity contribution in [3.63, 3.8) is 0 Å². The van der Waals surface area contributed by atoms with E-state index >= 15 is 0 Å². The second-order valence-electron chi connectivity index (χ2n) is 4.69. The van der Waals surface area contributed by atoms with Crippen molar-refractivity contribution >= 4 is 17.7 Å². The number of benzene rings is 1. The Kier molecular flexibility index (Phi) is 6.20. The van der Waals surface area contributed by atoms with E-state index in [-0.39, 0.29) is 12.0 Å². The van der Waals surface area contributed by atoms with E-state index in [1.54, 1.807) is 11.8 Å². The molecular formula is C15H21NO4S. The van der Waals surface area contributed by atoms with Crippen LogP contribution in [0.3, 0.4) is 0 Å². The Morgan fingerprint density at radius 3 is 2.86 bits per heavy atom. The largest absolute Gasteiger partial charge is 0.490 e. The summed E-state index contributed by atoms with van der Waals surface area (Å²) < 4.78 is 16.0. The first-order valence-corrected chi connectivity index (χ1v) is 8.11. The molecule has 0 spiro atoms. The number of nitrogens with one attached hydrogen (secondary N) is 1. The molecule has 1 unspecified atom stereocenters. The number of thioether (sulfide) groups is 1. The van der Waals surface area contributed by atoms with Gasteiger partial charge in [-0.3, -0.25) is 4.79 Å². The Labute approximate surface area is 129 Å². The number of methoxy groups -OCH3 is 1. The lowest BCUT2D eigenvalue weighted by atomic mass is 10.1. The first-order valence-electron chi connectivity index (χ1n) is 6.96. The Bertz CT molecular complexity index is 481. The molecule has 1 aromatic carbocycles. The van der Waals surface area contributed by atoms with Crippen molar-refractivity contribution in [2.75, 3.05) is 38.9 Å². The summed E-state index contributed by atoms with van der Waals surface area (Å²) in [5, 5.41) is 3.26. The molecular weight excluding hydrogens is 290 g/mol. The van der Waals surface area contributed by atoms with Gasteiger partial charge in [-0.15, -0.1) is 11.8 Å². The SMILES string of the molecule is CNC(CSCC(=O)OC)c1ccc2c(c1)OCCCO2. The Morgan fingerprint density at radius 2 is 2.14 bits per heavy atom. The molecule has 1 heterocycles. The lowest BCUT2D eigenvalue weighted by Crippen LogP contribution is -2.19. The van der Waals surface area contributed by atoms with Crippen LogP contribution in [-0.2, 0) is 9.53 Å². The van der Waals surface area contributed by atoms with Crippen LogP contribution in [0.25, 0.3) is 0 Å². The van der Waals surface area contributed by atoms with Gasteiger partial charge in [-0.1, -0.05) is 6.07 Å². The molecule has 1 aliphatic rings. The molecule has 2 rings (SSSR count). The normalized spacial score (nSPS) is 15.1. The molecule has 0 saturated heterocycles. The number of carbonyl (C=O) groups excluding carboxylic acids is 1. The maximum atomic E-state index is 11.1. The van der Waals surface area contributed by atoms with Crippen LogP contribution in [0.2, 0.25) is 0 Å². The van der Waals surface area contributed by atoms with Gasteiger partial charge in [0, 0.05) is 18.2 Å². The first kappa shape index (κ1) is 16.0. The van der Waals surface area contributed by atoms with E-state index < -0.39 is 0 Å². The Hall–Kier alpha value is -1.40. The number of ether oxygens (including phenoxy) is 3. The molecule has 6 heteroatoms. The molecule has 1 aromatic rings.